The van der Waals surface area contributed by atoms with E-state index in [4.69, 9.17) is 4.74 Å². The molecule has 0 atom stereocenters. The Kier molecular flexibility index (Phi) is 5.97. The molecular weight excluding hydrogens is 460 g/mol. The zero-order chi connectivity index (χ0) is 25.4. The Morgan fingerprint density at radius 1 is 1.06 bits per heavy atom. The van der Waals surface area contributed by atoms with Gasteiger partial charge in [0.05, 0.1) is 23.7 Å². The third-order valence-electron chi connectivity index (χ3n) is 6.13. The molecule has 5 rings (SSSR count). The molecule has 1 saturated carbocycles. The van der Waals surface area contributed by atoms with Gasteiger partial charge in [0.15, 0.2) is 5.65 Å². The molecule has 4 aromatic rings. The lowest BCUT2D eigenvalue weighted by molar-refractivity contribution is -0.116. The fourth-order valence-corrected chi connectivity index (χ4v) is 4.23. The molecule has 0 aliphatic heterocycles. The molecule has 1 aliphatic carbocycles. The van der Waals surface area contributed by atoms with Crippen LogP contribution in [0.5, 0.6) is 0 Å². The maximum absolute atomic E-state index is 13.7. The largest absolute Gasteiger partial charge is 0.465 e. The summed E-state index contributed by atoms with van der Waals surface area (Å²) in [4.78, 5) is 57.6. The molecule has 9 nitrogen and oxygen atoms in total. The molecular formula is C27H24N4O5. The number of carbonyl (C=O) groups excluding carboxylic acids is 2. The second-order valence-electron chi connectivity index (χ2n) is 8.82. The molecule has 1 amide bonds. The summed E-state index contributed by atoms with van der Waals surface area (Å²) in [5.41, 5.74) is 1.15. The SMILES string of the molecule is COC(=O)c1cc(C2CC2)nc2c1c(=O)n(CC(=O)Nc1cccc(C)c1)c(=O)n2-c1ccccc1. The van der Waals surface area contributed by atoms with E-state index < -0.39 is 29.7 Å². The van der Waals surface area contributed by atoms with Crippen LogP contribution < -0.4 is 16.6 Å². The molecule has 0 unspecified atom stereocenters. The van der Waals surface area contributed by atoms with Gasteiger partial charge in [0.2, 0.25) is 5.91 Å². The number of hydrogen-bond donors (Lipinski definition) is 1. The number of methoxy groups -OCH3 is 1. The van der Waals surface area contributed by atoms with Crippen LogP contribution in [0.25, 0.3) is 16.7 Å². The summed E-state index contributed by atoms with van der Waals surface area (Å²) in [6, 6.07) is 17.4. The molecule has 182 valence electrons. The minimum atomic E-state index is -0.781. The van der Waals surface area contributed by atoms with E-state index in [1.54, 1.807) is 54.6 Å². The van der Waals surface area contributed by atoms with E-state index in [2.05, 4.69) is 10.3 Å². The van der Waals surface area contributed by atoms with Gasteiger partial charge in [-0.1, -0.05) is 30.3 Å². The van der Waals surface area contributed by atoms with Gasteiger partial charge in [0, 0.05) is 17.3 Å². The Labute approximate surface area is 206 Å². The molecule has 36 heavy (non-hydrogen) atoms. The van der Waals surface area contributed by atoms with Crippen LogP contribution >= 0.6 is 0 Å². The van der Waals surface area contributed by atoms with Crippen LogP contribution in [0, 0.1) is 6.92 Å². The van der Waals surface area contributed by atoms with Crippen LogP contribution in [0.3, 0.4) is 0 Å². The highest BCUT2D eigenvalue weighted by atomic mass is 16.5. The number of ether oxygens (including phenoxy) is 1. The van der Waals surface area contributed by atoms with Crippen molar-refractivity contribution < 1.29 is 14.3 Å². The molecule has 2 aromatic heterocycles. The maximum atomic E-state index is 13.7. The number of rotatable bonds is 6. The topological polar surface area (TPSA) is 112 Å². The average molecular weight is 485 g/mol. The van der Waals surface area contributed by atoms with Crippen LogP contribution in [-0.4, -0.2) is 33.1 Å². The Balaban J connectivity index is 1.74. The van der Waals surface area contributed by atoms with Crippen LogP contribution in [0.4, 0.5) is 5.69 Å². The number of esters is 1. The monoisotopic (exact) mass is 484 g/mol. The third kappa shape index (κ3) is 4.31. The van der Waals surface area contributed by atoms with Gasteiger partial charge >= 0.3 is 11.7 Å². The summed E-state index contributed by atoms with van der Waals surface area (Å²) >= 11 is 0. The van der Waals surface area contributed by atoms with Crippen LogP contribution in [0.15, 0.2) is 70.3 Å². The van der Waals surface area contributed by atoms with Crippen molar-refractivity contribution in [2.45, 2.75) is 32.2 Å². The zero-order valence-corrected chi connectivity index (χ0v) is 19.9. The van der Waals surface area contributed by atoms with Gasteiger partial charge in [-0.15, -0.1) is 0 Å². The minimum Gasteiger partial charge on any atom is -0.465 e. The molecule has 0 spiro atoms. The molecule has 0 radical (unpaired) electrons. The third-order valence-corrected chi connectivity index (χ3v) is 6.13. The number of benzene rings is 2. The highest BCUT2D eigenvalue weighted by Crippen LogP contribution is 2.40. The van der Waals surface area contributed by atoms with Crippen molar-refractivity contribution in [3.05, 3.63) is 98.3 Å². The first-order valence-corrected chi connectivity index (χ1v) is 11.6. The van der Waals surface area contributed by atoms with Crippen molar-refractivity contribution in [1.29, 1.82) is 0 Å². The normalized spacial score (nSPS) is 12.9. The van der Waals surface area contributed by atoms with Crippen molar-refractivity contribution in [2.75, 3.05) is 12.4 Å². The molecule has 1 aliphatic rings. The Hall–Kier alpha value is -4.53. The van der Waals surface area contributed by atoms with E-state index in [9.17, 15) is 19.2 Å². The van der Waals surface area contributed by atoms with E-state index >= 15 is 0 Å². The first kappa shape index (κ1) is 23.2. The molecule has 0 bridgehead atoms. The quantitative estimate of drug-likeness (QED) is 0.421. The van der Waals surface area contributed by atoms with E-state index in [0.717, 1.165) is 23.0 Å². The lowest BCUT2D eigenvalue weighted by atomic mass is 10.1. The van der Waals surface area contributed by atoms with Gasteiger partial charge in [0.1, 0.15) is 6.54 Å². The fourth-order valence-electron chi connectivity index (χ4n) is 4.23. The molecule has 9 heteroatoms. The van der Waals surface area contributed by atoms with Gasteiger partial charge < -0.3 is 10.1 Å². The molecule has 2 heterocycles. The Morgan fingerprint density at radius 3 is 2.47 bits per heavy atom. The predicted molar refractivity (Wildman–Crippen MR) is 135 cm³/mol. The summed E-state index contributed by atoms with van der Waals surface area (Å²) in [6.07, 6.45) is 1.82. The van der Waals surface area contributed by atoms with Gasteiger partial charge in [-0.3, -0.25) is 9.59 Å². The van der Waals surface area contributed by atoms with Crippen LogP contribution in [0.2, 0.25) is 0 Å². The number of para-hydroxylation sites is 1. The van der Waals surface area contributed by atoms with Gasteiger partial charge in [-0.05, 0) is 55.7 Å². The standard InChI is InChI=1S/C27H24N4O5/c1-16-7-6-8-18(13-16)28-22(32)15-30-25(33)23-20(26(34)36-2)14-21(17-11-12-17)29-24(23)31(27(30)35)19-9-4-3-5-10-19/h3-10,13-14,17H,11-12,15H2,1-2H3,(H,28,32). The van der Waals surface area contributed by atoms with E-state index in [1.165, 1.54) is 11.7 Å². The molecule has 0 saturated heterocycles. The van der Waals surface area contributed by atoms with E-state index in [-0.39, 0.29) is 22.5 Å². The average Bonchev–Trinajstić information content (AvgIpc) is 3.72. The first-order chi connectivity index (χ1) is 17.4. The number of anilines is 1. The first-order valence-electron chi connectivity index (χ1n) is 11.6. The number of pyridine rings is 1. The fraction of sp³-hybridized carbons (Fsp3) is 0.222. The number of carbonyl (C=O) groups is 2. The van der Waals surface area contributed by atoms with E-state index in [0.29, 0.717) is 17.1 Å². The summed E-state index contributed by atoms with van der Waals surface area (Å²) in [5.74, 6) is -1.11. The second-order valence-corrected chi connectivity index (χ2v) is 8.82. The van der Waals surface area contributed by atoms with Gasteiger partial charge in [-0.2, -0.15) is 0 Å². The van der Waals surface area contributed by atoms with Crippen molar-refractivity contribution >= 4 is 28.6 Å². The zero-order valence-electron chi connectivity index (χ0n) is 19.9. The molecule has 2 aromatic carbocycles. The number of nitrogens with one attached hydrogen (secondary N) is 1. The molecule has 1 fully saturated rings. The van der Waals surface area contributed by atoms with Crippen molar-refractivity contribution in [3.63, 3.8) is 0 Å². The van der Waals surface area contributed by atoms with Crippen molar-refractivity contribution in [2.24, 2.45) is 0 Å². The summed E-state index contributed by atoms with van der Waals surface area (Å²) in [6.45, 7) is 1.35. The lowest BCUT2D eigenvalue weighted by Gasteiger charge is -2.16. The summed E-state index contributed by atoms with van der Waals surface area (Å²) in [7, 11) is 1.23. The van der Waals surface area contributed by atoms with Gasteiger partial charge in [0.25, 0.3) is 5.56 Å². The Bertz CT molecular complexity index is 1620. The number of aryl methyl sites for hydroxylation is 1. The maximum Gasteiger partial charge on any atom is 0.338 e. The number of nitrogens with zero attached hydrogens (tertiary/aromatic N) is 3. The van der Waals surface area contributed by atoms with Crippen molar-refractivity contribution in [3.8, 4) is 5.69 Å². The highest BCUT2D eigenvalue weighted by Gasteiger charge is 2.30. The molecule has 1 N–H and O–H groups in total. The van der Waals surface area contributed by atoms with Crippen molar-refractivity contribution in [1.82, 2.24) is 14.1 Å². The van der Waals surface area contributed by atoms with Gasteiger partial charge in [-0.25, -0.2) is 23.7 Å². The summed E-state index contributed by atoms with van der Waals surface area (Å²) < 4.78 is 7.06. The number of hydrogen-bond acceptors (Lipinski definition) is 6. The number of aromatic nitrogens is 3. The van der Waals surface area contributed by atoms with E-state index in [1.807, 2.05) is 13.0 Å². The van der Waals surface area contributed by atoms with Crippen LogP contribution in [-0.2, 0) is 16.1 Å². The van der Waals surface area contributed by atoms with Crippen LogP contribution in [0.1, 0.15) is 40.4 Å². The number of amides is 1. The predicted octanol–water partition coefficient (Wildman–Crippen LogP) is 3.16. The second kappa shape index (κ2) is 9.26. The lowest BCUT2D eigenvalue weighted by Crippen LogP contribution is -2.43. The Morgan fingerprint density at radius 2 is 1.81 bits per heavy atom. The summed E-state index contributed by atoms with van der Waals surface area (Å²) in [5, 5.41) is 2.65. The highest BCUT2D eigenvalue weighted by molar-refractivity contribution is 6.02. The number of fused-ring (bicyclic) bond motifs is 1. The minimum absolute atomic E-state index is 0.0203. The smallest absolute Gasteiger partial charge is 0.338 e.